The summed E-state index contributed by atoms with van der Waals surface area (Å²) in [5.74, 6) is 0.379. The first-order chi connectivity index (χ1) is 13.1. The number of amides is 1. The van der Waals surface area contributed by atoms with E-state index in [1.54, 1.807) is 42.6 Å². The van der Waals surface area contributed by atoms with E-state index in [9.17, 15) is 9.59 Å². The summed E-state index contributed by atoms with van der Waals surface area (Å²) in [7, 11) is 0. The fraction of sp³-hybridized carbons (Fsp3) is 0.350. The van der Waals surface area contributed by atoms with E-state index < -0.39 is 0 Å². The number of nitrogens with one attached hydrogen (secondary N) is 2. The molecular weight excluding hydrogens is 344 g/mol. The number of ketones is 1. The largest absolute Gasteiger partial charge is 0.379 e. The number of anilines is 2. The Kier molecular flexibility index (Phi) is 6.51. The maximum absolute atomic E-state index is 12.5. The van der Waals surface area contributed by atoms with Gasteiger partial charge < -0.3 is 15.4 Å². The molecule has 1 aliphatic rings. The Bertz CT molecular complexity index is 803. The lowest BCUT2D eigenvalue weighted by molar-refractivity contribution is 0.0398. The molecule has 142 valence electrons. The van der Waals surface area contributed by atoms with Gasteiger partial charge in [0, 0.05) is 49.2 Å². The maximum Gasteiger partial charge on any atom is 0.255 e. The highest BCUT2D eigenvalue weighted by molar-refractivity contribution is 6.05. The fourth-order valence-electron chi connectivity index (χ4n) is 2.85. The second-order valence-electron chi connectivity index (χ2n) is 6.40. The SMILES string of the molecule is CC(=O)c1cccc(NC(=O)c2ccnc(NCCN3CCOCC3)c2)c1. The number of aromatic nitrogens is 1. The number of ether oxygens (including phenoxy) is 1. The van der Waals surface area contributed by atoms with E-state index in [1.165, 1.54) is 6.92 Å². The van der Waals surface area contributed by atoms with Crippen molar-refractivity contribution in [2.75, 3.05) is 50.0 Å². The van der Waals surface area contributed by atoms with Crippen LogP contribution < -0.4 is 10.6 Å². The summed E-state index contributed by atoms with van der Waals surface area (Å²) in [5.41, 5.74) is 1.66. The molecule has 0 radical (unpaired) electrons. The quantitative estimate of drug-likeness (QED) is 0.730. The Morgan fingerprint density at radius 1 is 1.15 bits per heavy atom. The molecule has 1 aliphatic heterocycles. The Balaban J connectivity index is 1.56. The van der Waals surface area contributed by atoms with Gasteiger partial charge in [0.15, 0.2) is 5.78 Å². The van der Waals surface area contributed by atoms with Crippen LogP contribution >= 0.6 is 0 Å². The molecule has 3 rings (SSSR count). The van der Waals surface area contributed by atoms with Crippen LogP contribution in [0, 0.1) is 0 Å². The summed E-state index contributed by atoms with van der Waals surface area (Å²) < 4.78 is 5.34. The maximum atomic E-state index is 12.5. The van der Waals surface area contributed by atoms with E-state index in [4.69, 9.17) is 4.74 Å². The van der Waals surface area contributed by atoms with Crippen molar-refractivity contribution in [1.29, 1.82) is 0 Å². The summed E-state index contributed by atoms with van der Waals surface area (Å²) in [6.07, 6.45) is 1.61. The van der Waals surface area contributed by atoms with Crippen molar-refractivity contribution in [2.45, 2.75) is 6.92 Å². The molecule has 0 spiro atoms. The molecule has 7 heteroatoms. The molecule has 0 bridgehead atoms. The molecule has 2 N–H and O–H groups in total. The number of carbonyl (C=O) groups is 2. The van der Waals surface area contributed by atoms with Crippen LogP contribution in [-0.2, 0) is 4.74 Å². The summed E-state index contributed by atoms with van der Waals surface area (Å²) >= 11 is 0. The topological polar surface area (TPSA) is 83.6 Å². The van der Waals surface area contributed by atoms with E-state index in [0.717, 1.165) is 39.4 Å². The molecule has 2 heterocycles. The number of pyridine rings is 1. The molecule has 1 saturated heterocycles. The third kappa shape index (κ3) is 5.60. The standard InChI is InChI=1S/C20H24N4O3/c1-15(25)16-3-2-4-18(13-16)23-20(26)17-5-6-21-19(14-17)22-7-8-24-9-11-27-12-10-24/h2-6,13-14H,7-12H2,1H3,(H,21,22)(H,23,26). The second-order valence-corrected chi connectivity index (χ2v) is 6.40. The van der Waals surface area contributed by atoms with Gasteiger partial charge in [-0.05, 0) is 31.2 Å². The lowest BCUT2D eigenvalue weighted by atomic mass is 10.1. The molecule has 1 amide bonds. The third-order valence-electron chi connectivity index (χ3n) is 4.39. The van der Waals surface area contributed by atoms with Gasteiger partial charge in [0.25, 0.3) is 5.91 Å². The average molecular weight is 368 g/mol. The second kappa shape index (κ2) is 9.25. The van der Waals surface area contributed by atoms with Crippen LogP contribution in [0.2, 0.25) is 0 Å². The van der Waals surface area contributed by atoms with Gasteiger partial charge in [0.1, 0.15) is 5.82 Å². The van der Waals surface area contributed by atoms with Gasteiger partial charge in [-0.15, -0.1) is 0 Å². The van der Waals surface area contributed by atoms with E-state index in [1.807, 2.05) is 0 Å². The van der Waals surface area contributed by atoms with Crippen LogP contribution in [0.1, 0.15) is 27.6 Å². The van der Waals surface area contributed by atoms with Crippen LogP contribution in [0.3, 0.4) is 0 Å². The van der Waals surface area contributed by atoms with Crippen LogP contribution in [0.25, 0.3) is 0 Å². The van der Waals surface area contributed by atoms with Crippen molar-refractivity contribution < 1.29 is 14.3 Å². The lowest BCUT2D eigenvalue weighted by Crippen LogP contribution is -2.39. The summed E-state index contributed by atoms with van der Waals surface area (Å²) in [5, 5.41) is 6.08. The number of benzene rings is 1. The van der Waals surface area contributed by atoms with Gasteiger partial charge in [-0.1, -0.05) is 12.1 Å². The Morgan fingerprint density at radius 2 is 1.96 bits per heavy atom. The molecule has 0 unspecified atom stereocenters. The highest BCUT2D eigenvalue weighted by Gasteiger charge is 2.11. The monoisotopic (exact) mass is 368 g/mol. The number of hydrogen-bond acceptors (Lipinski definition) is 6. The highest BCUT2D eigenvalue weighted by atomic mass is 16.5. The average Bonchev–Trinajstić information content (AvgIpc) is 2.69. The highest BCUT2D eigenvalue weighted by Crippen LogP contribution is 2.14. The van der Waals surface area contributed by atoms with Crippen molar-refractivity contribution in [3.8, 4) is 0 Å². The first kappa shape index (κ1) is 19.0. The molecular formula is C20H24N4O3. The Morgan fingerprint density at radius 3 is 2.74 bits per heavy atom. The van der Waals surface area contributed by atoms with Crippen LogP contribution in [0.4, 0.5) is 11.5 Å². The van der Waals surface area contributed by atoms with E-state index >= 15 is 0 Å². The number of hydrogen-bond donors (Lipinski definition) is 2. The third-order valence-corrected chi connectivity index (χ3v) is 4.39. The molecule has 1 aromatic carbocycles. The molecule has 27 heavy (non-hydrogen) atoms. The number of Topliss-reactive ketones (excluding diaryl/α,β-unsaturated/α-hetero) is 1. The molecule has 2 aromatic rings. The molecule has 0 aliphatic carbocycles. The summed E-state index contributed by atoms with van der Waals surface area (Å²) in [6, 6.07) is 10.3. The van der Waals surface area contributed by atoms with Gasteiger partial charge >= 0.3 is 0 Å². The smallest absolute Gasteiger partial charge is 0.255 e. The molecule has 1 aromatic heterocycles. The van der Waals surface area contributed by atoms with Crippen molar-refractivity contribution in [2.24, 2.45) is 0 Å². The van der Waals surface area contributed by atoms with Crippen molar-refractivity contribution >= 4 is 23.2 Å². The van der Waals surface area contributed by atoms with Crippen molar-refractivity contribution in [1.82, 2.24) is 9.88 Å². The summed E-state index contributed by atoms with van der Waals surface area (Å²) in [6.45, 7) is 6.59. The van der Waals surface area contributed by atoms with Crippen LogP contribution in [0.5, 0.6) is 0 Å². The zero-order valence-corrected chi connectivity index (χ0v) is 15.4. The predicted octanol–water partition coefficient (Wildman–Crippen LogP) is 2.28. The van der Waals surface area contributed by atoms with Crippen molar-refractivity contribution in [3.05, 3.63) is 53.7 Å². The number of rotatable bonds is 7. The van der Waals surface area contributed by atoms with E-state index in [2.05, 4.69) is 20.5 Å². The van der Waals surface area contributed by atoms with E-state index in [0.29, 0.717) is 22.6 Å². The van der Waals surface area contributed by atoms with Crippen LogP contribution in [-0.4, -0.2) is 61.0 Å². The number of carbonyl (C=O) groups excluding carboxylic acids is 2. The summed E-state index contributed by atoms with van der Waals surface area (Å²) in [4.78, 5) is 30.6. The first-order valence-corrected chi connectivity index (χ1v) is 9.04. The Hall–Kier alpha value is -2.77. The molecule has 0 saturated carbocycles. The lowest BCUT2D eigenvalue weighted by Gasteiger charge is -2.26. The van der Waals surface area contributed by atoms with Gasteiger partial charge in [-0.2, -0.15) is 0 Å². The van der Waals surface area contributed by atoms with E-state index in [-0.39, 0.29) is 11.7 Å². The minimum Gasteiger partial charge on any atom is -0.379 e. The zero-order valence-electron chi connectivity index (χ0n) is 15.4. The molecule has 7 nitrogen and oxygen atoms in total. The fourth-order valence-corrected chi connectivity index (χ4v) is 2.85. The Labute approximate surface area is 158 Å². The van der Waals surface area contributed by atoms with Crippen LogP contribution in [0.15, 0.2) is 42.6 Å². The van der Waals surface area contributed by atoms with Crippen molar-refractivity contribution in [3.63, 3.8) is 0 Å². The van der Waals surface area contributed by atoms with Gasteiger partial charge in [-0.3, -0.25) is 14.5 Å². The predicted molar refractivity (Wildman–Crippen MR) is 104 cm³/mol. The normalized spacial score (nSPS) is 14.6. The van der Waals surface area contributed by atoms with Gasteiger partial charge in [0.2, 0.25) is 0 Å². The van der Waals surface area contributed by atoms with Gasteiger partial charge in [-0.25, -0.2) is 4.98 Å². The number of morpholine rings is 1. The molecule has 1 fully saturated rings. The van der Waals surface area contributed by atoms with Gasteiger partial charge in [0.05, 0.1) is 13.2 Å². The zero-order chi connectivity index (χ0) is 19.1. The minimum absolute atomic E-state index is 0.0400. The minimum atomic E-state index is -0.241. The first-order valence-electron chi connectivity index (χ1n) is 9.04. The number of nitrogens with zero attached hydrogens (tertiary/aromatic N) is 2. The molecule has 0 atom stereocenters.